The van der Waals surface area contributed by atoms with Crippen molar-refractivity contribution in [1.29, 1.82) is 0 Å². The van der Waals surface area contributed by atoms with Crippen LogP contribution in [0, 0.1) is 18.7 Å². The lowest BCUT2D eigenvalue weighted by molar-refractivity contribution is -0.136. The highest BCUT2D eigenvalue weighted by Gasteiger charge is 2.45. The minimum atomic E-state index is -1.04. The number of fused-ring (bicyclic) bond motifs is 2. The molecule has 3 N–H and O–H groups in total. The maximum atomic E-state index is 15.3. The number of aryl methyl sites for hydroxylation is 1. The average Bonchev–Trinajstić information content (AvgIpc) is 3.42. The highest BCUT2D eigenvalue weighted by Crippen LogP contribution is 2.32. The number of carbonyl (C=O) groups excluding carboxylic acids is 5. The Bertz CT molecular complexity index is 2340. The highest BCUT2D eigenvalue weighted by atomic mass is 19.1. The zero-order valence-corrected chi connectivity index (χ0v) is 29.9. The number of H-pyrrole nitrogens is 1. The maximum absolute atomic E-state index is 15.3. The number of benzene rings is 2. The monoisotopic (exact) mass is 753 g/mol. The van der Waals surface area contributed by atoms with Crippen LogP contribution in [-0.4, -0.2) is 106 Å². The molecule has 0 saturated carbocycles. The topological polar surface area (TPSA) is 181 Å². The SMILES string of the molecule is Cc1nc2ccc(CN3CCN(c4ccc(C(=O)NC5CCN(c6ccc7c(c6)C(=O)N([C@H]6CCC(=O)NC6=O)C7=O)CC5)nc4F)CC3)c(F)c2[nH]c1=O. The minimum Gasteiger partial charge on any atom is -0.371 e. The average molecular weight is 754 g/mol. The summed E-state index contributed by atoms with van der Waals surface area (Å²) in [6.07, 6.45) is 1.26. The summed E-state index contributed by atoms with van der Waals surface area (Å²) in [6, 6.07) is 10.1. The normalized spacial score (nSPS) is 19.6. The number of piperidine rings is 2. The summed E-state index contributed by atoms with van der Waals surface area (Å²) in [5.74, 6) is -4.01. The summed E-state index contributed by atoms with van der Waals surface area (Å²) in [6.45, 7) is 4.94. The molecule has 4 aliphatic heterocycles. The van der Waals surface area contributed by atoms with Crippen molar-refractivity contribution in [2.24, 2.45) is 0 Å². The molecule has 0 bridgehead atoms. The number of aromatic amines is 1. The van der Waals surface area contributed by atoms with Crippen molar-refractivity contribution in [3.05, 3.63) is 92.7 Å². The van der Waals surface area contributed by atoms with Crippen LogP contribution in [0.15, 0.2) is 47.3 Å². The lowest BCUT2D eigenvalue weighted by Crippen LogP contribution is -2.54. The fraction of sp³-hybridized carbons (Fsp3) is 0.368. The third-order valence-electron chi connectivity index (χ3n) is 10.8. The molecular weight excluding hydrogens is 716 g/mol. The number of carbonyl (C=O) groups is 5. The quantitative estimate of drug-likeness (QED) is 0.186. The lowest BCUT2D eigenvalue weighted by atomic mass is 10.0. The van der Waals surface area contributed by atoms with Crippen LogP contribution in [0.1, 0.15) is 68.1 Å². The maximum Gasteiger partial charge on any atom is 0.270 e. The van der Waals surface area contributed by atoms with E-state index in [-0.39, 0.29) is 52.6 Å². The number of imide groups is 2. The second-order valence-corrected chi connectivity index (χ2v) is 14.3. The first-order valence-corrected chi connectivity index (χ1v) is 18.2. The zero-order chi connectivity index (χ0) is 38.5. The first-order chi connectivity index (χ1) is 26.4. The van der Waals surface area contributed by atoms with Gasteiger partial charge in [0.1, 0.15) is 22.9 Å². The molecule has 5 amide bonds. The van der Waals surface area contributed by atoms with Crippen LogP contribution >= 0.6 is 0 Å². The molecule has 8 rings (SSSR count). The van der Waals surface area contributed by atoms with Gasteiger partial charge in [0, 0.05) is 69.5 Å². The number of amides is 5. The second kappa shape index (κ2) is 14.3. The third kappa shape index (κ3) is 6.79. The summed E-state index contributed by atoms with van der Waals surface area (Å²) in [5, 5.41) is 5.14. The Morgan fingerprint density at radius 3 is 2.33 bits per heavy atom. The van der Waals surface area contributed by atoms with Crippen LogP contribution in [0.25, 0.3) is 11.0 Å². The molecule has 1 atom stereocenters. The van der Waals surface area contributed by atoms with Gasteiger partial charge in [0.2, 0.25) is 17.8 Å². The molecule has 6 heterocycles. The fourth-order valence-corrected chi connectivity index (χ4v) is 7.75. The number of piperazine rings is 1. The predicted octanol–water partition coefficient (Wildman–Crippen LogP) is 2.03. The predicted molar refractivity (Wildman–Crippen MR) is 195 cm³/mol. The first-order valence-electron chi connectivity index (χ1n) is 18.2. The van der Waals surface area contributed by atoms with Crippen LogP contribution in [0.5, 0.6) is 0 Å². The summed E-state index contributed by atoms with van der Waals surface area (Å²) in [5.41, 5.74) is 2.07. The van der Waals surface area contributed by atoms with Gasteiger partial charge in [-0.15, -0.1) is 0 Å². The van der Waals surface area contributed by atoms with Gasteiger partial charge in [0.05, 0.1) is 22.3 Å². The van der Waals surface area contributed by atoms with Gasteiger partial charge in [-0.1, -0.05) is 6.07 Å². The van der Waals surface area contributed by atoms with Gasteiger partial charge in [0.15, 0.2) is 5.82 Å². The Balaban J connectivity index is 0.833. The van der Waals surface area contributed by atoms with E-state index >= 15 is 8.78 Å². The van der Waals surface area contributed by atoms with E-state index in [0.717, 1.165) is 10.6 Å². The van der Waals surface area contributed by atoms with Crippen molar-refractivity contribution in [3.63, 3.8) is 0 Å². The molecule has 3 fully saturated rings. The largest absolute Gasteiger partial charge is 0.371 e. The molecule has 17 heteroatoms. The molecule has 3 saturated heterocycles. The molecule has 15 nitrogen and oxygen atoms in total. The first kappa shape index (κ1) is 35.9. The van der Waals surface area contributed by atoms with Gasteiger partial charge in [-0.05, 0) is 62.6 Å². The number of halogens is 2. The Labute approximate surface area is 312 Å². The second-order valence-electron chi connectivity index (χ2n) is 14.3. The van der Waals surface area contributed by atoms with Crippen LogP contribution < -0.4 is 26.0 Å². The van der Waals surface area contributed by atoms with Crippen LogP contribution in [0.3, 0.4) is 0 Å². The van der Waals surface area contributed by atoms with Crippen molar-refractivity contribution >= 4 is 51.9 Å². The number of anilines is 2. The zero-order valence-electron chi connectivity index (χ0n) is 29.9. The van der Waals surface area contributed by atoms with Crippen LogP contribution in [-0.2, 0) is 16.1 Å². The number of hydrogen-bond acceptors (Lipinski definition) is 11. The van der Waals surface area contributed by atoms with E-state index in [1.807, 2.05) is 14.7 Å². The summed E-state index contributed by atoms with van der Waals surface area (Å²) in [4.78, 5) is 93.0. The van der Waals surface area contributed by atoms with E-state index in [2.05, 4.69) is 25.6 Å². The van der Waals surface area contributed by atoms with E-state index in [0.29, 0.717) is 69.7 Å². The molecule has 0 radical (unpaired) electrons. The van der Waals surface area contributed by atoms with E-state index in [1.165, 1.54) is 6.07 Å². The molecule has 2 aromatic heterocycles. The summed E-state index contributed by atoms with van der Waals surface area (Å²) >= 11 is 0. The number of pyridine rings is 1. The number of rotatable bonds is 7. The van der Waals surface area contributed by atoms with Crippen molar-refractivity contribution in [1.82, 2.24) is 35.4 Å². The molecule has 0 aliphatic carbocycles. The molecule has 0 unspecified atom stereocenters. The number of aromatic nitrogens is 3. The molecular formula is C38H37F2N9O6. The van der Waals surface area contributed by atoms with Crippen LogP contribution in [0.4, 0.5) is 20.2 Å². The van der Waals surface area contributed by atoms with Crippen molar-refractivity contribution in [3.8, 4) is 0 Å². The van der Waals surface area contributed by atoms with Gasteiger partial charge in [-0.25, -0.2) is 14.4 Å². The molecule has 284 valence electrons. The van der Waals surface area contributed by atoms with E-state index in [4.69, 9.17) is 0 Å². The fourth-order valence-electron chi connectivity index (χ4n) is 7.75. The smallest absolute Gasteiger partial charge is 0.270 e. The Kier molecular flexibility index (Phi) is 9.32. The molecule has 4 aromatic rings. The standard InChI is InChI=1S/C38H37F2N9O6/c1-20-34(51)45-32-26(41-20)5-2-21(31(32)39)19-46-14-16-48(17-15-46)28-7-6-27(43-33(28)40)35(52)42-22-10-12-47(13-11-22)23-3-4-24-25(18-23)38(55)49(37(24)54)29-8-9-30(50)44-36(29)53/h2-7,18,22,29H,8-17,19H2,1H3,(H,42,52)(H,45,51)(H,44,50,53)/t29-/m0/s1. The molecule has 0 spiro atoms. The summed E-state index contributed by atoms with van der Waals surface area (Å²) < 4.78 is 30.5. The number of nitrogens with zero attached hydrogens (tertiary/aromatic N) is 6. The van der Waals surface area contributed by atoms with Gasteiger partial charge in [0.25, 0.3) is 23.3 Å². The lowest BCUT2D eigenvalue weighted by Gasteiger charge is -2.36. The minimum absolute atomic E-state index is 0.0409. The number of hydrogen-bond donors (Lipinski definition) is 3. The van der Waals surface area contributed by atoms with Gasteiger partial charge >= 0.3 is 0 Å². The summed E-state index contributed by atoms with van der Waals surface area (Å²) in [7, 11) is 0. The molecule has 4 aliphatic rings. The third-order valence-corrected chi connectivity index (χ3v) is 10.8. The van der Waals surface area contributed by atoms with Crippen LogP contribution in [0.2, 0.25) is 0 Å². The van der Waals surface area contributed by atoms with E-state index in [1.54, 1.807) is 43.3 Å². The Morgan fingerprint density at radius 2 is 1.60 bits per heavy atom. The van der Waals surface area contributed by atoms with Crippen molar-refractivity contribution in [2.75, 3.05) is 49.1 Å². The van der Waals surface area contributed by atoms with Gasteiger partial charge in [-0.2, -0.15) is 4.39 Å². The van der Waals surface area contributed by atoms with Crippen molar-refractivity contribution < 1.29 is 32.8 Å². The van der Waals surface area contributed by atoms with Crippen molar-refractivity contribution in [2.45, 2.75) is 51.2 Å². The highest BCUT2D eigenvalue weighted by molar-refractivity contribution is 6.23. The molecule has 2 aromatic carbocycles. The van der Waals surface area contributed by atoms with Gasteiger partial charge < -0.3 is 20.1 Å². The van der Waals surface area contributed by atoms with Gasteiger partial charge in [-0.3, -0.25) is 43.9 Å². The molecule has 55 heavy (non-hydrogen) atoms. The Hall–Kier alpha value is -6.10. The number of nitrogens with one attached hydrogen (secondary N) is 3. The Morgan fingerprint density at radius 1 is 0.855 bits per heavy atom. The van der Waals surface area contributed by atoms with E-state index in [9.17, 15) is 28.8 Å². The van der Waals surface area contributed by atoms with E-state index < -0.39 is 52.9 Å².